The lowest BCUT2D eigenvalue weighted by atomic mass is 10.1. The molecule has 0 radical (unpaired) electrons. The van der Waals surface area contributed by atoms with E-state index in [4.69, 9.17) is 4.74 Å². The average molecular weight is 388 g/mol. The first-order valence-electron chi connectivity index (χ1n) is 10.3. The Kier molecular flexibility index (Phi) is 7.14. The molecule has 0 aromatic heterocycles. The number of nitrogens with one attached hydrogen (secondary N) is 2. The van der Waals surface area contributed by atoms with Crippen LogP contribution in [-0.4, -0.2) is 80.6 Å². The number of carbonyl (C=O) groups is 1. The highest BCUT2D eigenvalue weighted by atomic mass is 16.5. The Hall–Kier alpha value is -2.28. The highest BCUT2D eigenvalue weighted by Crippen LogP contribution is 2.25. The highest BCUT2D eigenvalue weighted by Gasteiger charge is 2.21. The lowest BCUT2D eigenvalue weighted by Crippen LogP contribution is -2.54. The standard InChI is InChI=1S/C21H33N5O2/c1-16(2)24-20(27)15-25-9-11-26(12-10-25)21(22-3)23-8-6-17-4-5-19-18(14-17)7-13-28-19/h4-5,14,16H,6-13,15H2,1-3H3,(H,22,23)(H,24,27). The molecule has 0 atom stereocenters. The smallest absolute Gasteiger partial charge is 0.234 e. The SMILES string of the molecule is CN=C(NCCc1ccc2c(c1)CCO2)N1CCN(CC(=O)NC(C)C)CC1. The van der Waals surface area contributed by atoms with E-state index >= 15 is 0 Å². The molecule has 2 N–H and O–H groups in total. The summed E-state index contributed by atoms with van der Waals surface area (Å²) in [6.45, 7) is 9.60. The Labute approximate surface area is 168 Å². The van der Waals surface area contributed by atoms with E-state index < -0.39 is 0 Å². The third-order valence-electron chi connectivity index (χ3n) is 5.15. The summed E-state index contributed by atoms with van der Waals surface area (Å²) < 4.78 is 5.57. The summed E-state index contributed by atoms with van der Waals surface area (Å²) in [5.41, 5.74) is 2.65. The third-order valence-corrected chi connectivity index (χ3v) is 5.15. The number of amides is 1. The van der Waals surface area contributed by atoms with Gasteiger partial charge in [-0.05, 0) is 37.5 Å². The molecule has 2 heterocycles. The molecular weight excluding hydrogens is 354 g/mol. The van der Waals surface area contributed by atoms with E-state index in [1.54, 1.807) is 0 Å². The minimum Gasteiger partial charge on any atom is -0.493 e. The van der Waals surface area contributed by atoms with Crippen molar-refractivity contribution in [1.29, 1.82) is 0 Å². The van der Waals surface area contributed by atoms with Crippen molar-refractivity contribution in [1.82, 2.24) is 20.4 Å². The molecule has 1 aromatic rings. The normalized spacial score (nSPS) is 17.4. The van der Waals surface area contributed by atoms with Crippen LogP contribution >= 0.6 is 0 Å². The Morgan fingerprint density at radius 1 is 1.25 bits per heavy atom. The van der Waals surface area contributed by atoms with Crippen LogP contribution in [0.1, 0.15) is 25.0 Å². The van der Waals surface area contributed by atoms with Crippen molar-refractivity contribution in [2.45, 2.75) is 32.7 Å². The molecule has 0 aliphatic carbocycles. The van der Waals surface area contributed by atoms with Crippen molar-refractivity contribution in [2.24, 2.45) is 4.99 Å². The van der Waals surface area contributed by atoms with Gasteiger partial charge in [0.1, 0.15) is 5.75 Å². The van der Waals surface area contributed by atoms with Crippen molar-refractivity contribution >= 4 is 11.9 Å². The van der Waals surface area contributed by atoms with Crippen LogP contribution in [0.4, 0.5) is 0 Å². The molecule has 0 spiro atoms. The van der Waals surface area contributed by atoms with Gasteiger partial charge in [-0.3, -0.25) is 14.7 Å². The molecule has 0 bridgehead atoms. The Morgan fingerprint density at radius 2 is 2.04 bits per heavy atom. The number of hydrogen-bond acceptors (Lipinski definition) is 4. The molecule has 1 aromatic carbocycles. The van der Waals surface area contributed by atoms with E-state index in [0.29, 0.717) is 6.54 Å². The quantitative estimate of drug-likeness (QED) is 0.560. The molecule has 3 rings (SSSR count). The maximum atomic E-state index is 11.9. The first kappa shape index (κ1) is 20.5. The summed E-state index contributed by atoms with van der Waals surface area (Å²) >= 11 is 0. The molecule has 154 valence electrons. The number of hydrogen-bond donors (Lipinski definition) is 2. The number of ether oxygens (including phenoxy) is 1. The molecule has 28 heavy (non-hydrogen) atoms. The molecule has 7 nitrogen and oxygen atoms in total. The lowest BCUT2D eigenvalue weighted by Gasteiger charge is -2.36. The van der Waals surface area contributed by atoms with Crippen molar-refractivity contribution in [2.75, 3.05) is 52.9 Å². The van der Waals surface area contributed by atoms with Gasteiger partial charge in [-0.25, -0.2) is 0 Å². The minimum atomic E-state index is 0.103. The zero-order chi connectivity index (χ0) is 19.9. The predicted molar refractivity (Wildman–Crippen MR) is 112 cm³/mol. The number of carbonyl (C=O) groups excluding carboxylic acids is 1. The van der Waals surface area contributed by atoms with Gasteiger partial charge in [-0.1, -0.05) is 12.1 Å². The van der Waals surface area contributed by atoms with Gasteiger partial charge in [0.2, 0.25) is 5.91 Å². The number of fused-ring (bicyclic) bond motifs is 1. The molecule has 0 unspecified atom stereocenters. The Bertz CT molecular complexity index is 696. The van der Waals surface area contributed by atoms with E-state index in [-0.39, 0.29) is 11.9 Å². The summed E-state index contributed by atoms with van der Waals surface area (Å²) in [6, 6.07) is 6.68. The first-order chi connectivity index (χ1) is 13.5. The van der Waals surface area contributed by atoms with Crippen molar-refractivity contribution in [3.05, 3.63) is 29.3 Å². The van der Waals surface area contributed by atoms with Crippen LogP contribution in [0.15, 0.2) is 23.2 Å². The molecule has 1 saturated heterocycles. The lowest BCUT2D eigenvalue weighted by molar-refractivity contribution is -0.123. The summed E-state index contributed by atoms with van der Waals surface area (Å²) in [5, 5.41) is 6.44. The second-order valence-corrected chi connectivity index (χ2v) is 7.75. The Morgan fingerprint density at radius 3 is 2.75 bits per heavy atom. The maximum absolute atomic E-state index is 11.9. The van der Waals surface area contributed by atoms with Gasteiger partial charge in [0.05, 0.1) is 13.2 Å². The van der Waals surface area contributed by atoms with Gasteiger partial charge in [0.15, 0.2) is 5.96 Å². The topological polar surface area (TPSA) is 69.2 Å². The number of guanidine groups is 1. The van der Waals surface area contributed by atoms with Crippen LogP contribution in [0.5, 0.6) is 5.75 Å². The second kappa shape index (κ2) is 9.78. The van der Waals surface area contributed by atoms with Crippen molar-refractivity contribution in [3.8, 4) is 5.75 Å². The largest absolute Gasteiger partial charge is 0.493 e. The fraction of sp³-hybridized carbons (Fsp3) is 0.619. The van der Waals surface area contributed by atoms with Crippen LogP contribution in [0.2, 0.25) is 0 Å². The molecule has 0 saturated carbocycles. The molecular formula is C21H33N5O2. The third kappa shape index (κ3) is 5.61. The van der Waals surface area contributed by atoms with Gasteiger partial charge >= 0.3 is 0 Å². The summed E-state index contributed by atoms with van der Waals surface area (Å²) in [6.07, 6.45) is 1.97. The van der Waals surface area contributed by atoms with Crippen LogP contribution in [0, 0.1) is 0 Å². The van der Waals surface area contributed by atoms with Crippen LogP contribution in [-0.2, 0) is 17.6 Å². The molecule has 2 aliphatic heterocycles. The zero-order valence-electron chi connectivity index (χ0n) is 17.3. The molecule has 1 fully saturated rings. The van der Waals surface area contributed by atoms with Crippen LogP contribution in [0.3, 0.4) is 0 Å². The van der Waals surface area contributed by atoms with Gasteiger partial charge in [0, 0.05) is 52.2 Å². The molecule has 7 heteroatoms. The fourth-order valence-corrected chi connectivity index (χ4v) is 3.73. The predicted octanol–water partition coefficient (Wildman–Crippen LogP) is 0.882. The summed E-state index contributed by atoms with van der Waals surface area (Å²) in [7, 11) is 1.83. The number of nitrogens with zero attached hydrogens (tertiary/aromatic N) is 3. The van der Waals surface area contributed by atoms with Crippen molar-refractivity contribution in [3.63, 3.8) is 0 Å². The first-order valence-corrected chi connectivity index (χ1v) is 10.3. The van der Waals surface area contributed by atoms with E-state index in [9.17, 15) is 4.79 Å². The number of rotatable bonds is 6. The van der Waals surface area contributed by atoms with Gasteiger partial charge in [0.25, 0.3) is 0 Å². The van der Waals surface area contributed by atoms with Gasteiger partial charge in [-0.2, -0.15) is 0 Å². The monoisotopic (exact) mass is 387 g/mol. The summed E-state index contributed by atoms with van der Waals surface area (Å²) in [4.78, 5) is 20.8. The second-order valence-electron chi connectivity index (χ2n) is 7.75. The maximum Gasteiger partial charge on any atom is 0.234 e. The molecule has 2 aliphatic rings. The van der Waals surface area contributed by atoms with E-state index in [0.717, 1.165) is 63.9 Å². The Balaban J connectivity index is 1.40. The van der Waals surface area contributed by atoms with E-state index in [2.05, 4.69) is 43.6 Å². The van der Waals surface area contributed by atoms with Gasteiger partial charge in [-0.15, -0.1) is 0 Å². The van der Waals surface area contributed by atoms with Crippen LogP contribution in [0.25, 0.3) is 0 Å². The fourth-order valence-electron chi connectivity index (χ4n) is 3.73. The number of benzene rings is 1. The summed E-state index contributed by atoms with van der Waals surface area (Å²) in [5.74, 6) is 2.08. The number of piperazine rings is 1. The highest BCUT2D eigenvalue weighted by molar-refractivity contribution is 5.80. The van der Waals surface area contributed by atoms with E-state index in [1.165, 1.54) is 11.1 Å². The number of aliphatic imine (C=N–C) groups is 1. The average Bonchev–Trinajstić information content (AvgIpc) is 3.13. The zero-order valence-corrected chi connectivity index (χ0v) is 17.3. The minimum absolute atomic E-state index is 0.103. The molecule has 1 amide bonds. The van der Waals surface area contributed by atoms with Gasteiger partial charge < -0.3 is 20.3 Å². The van der Waals surface area contributed by atoms with E-state index in [1.807, 2.05) is 20.9 Å². The van der Waals surface area contributed by atoms with Crippen molar-refractivity contribution < 1.29 is 9.53 Å². The van der Waals surface area contributed by atoms with Crippen LogP contribution < -0.4 is 15.4 Å².